The van der Waals surface area contributed by atoms with Crippen LogP contribution in [0.3, 0.4) is 0 Å². The summed E-state index contributed by atoms with van der Waals surface area (Å²) in [5.74, 6) is -0.786. The zero-order valence-electron chi connectivity index (χ0n) is 14.9. The monoisotopic (exact) mass is 417 g/mol. The van der Waals surface area contributed by atoms with Gasteiger partial charge >= 0.3 is 16.2 Å². The Bertz CT molecular complexity index is 1080. The van der Waals surface area contributed by atoms with Crippen LogP contribution in [0.1, 0.15) is 23.0 Å². The molecular weight excluding hydrogens is 401 g/mol. The van der Waals surface area contributed by atoms with Crippen LogP contribution in [-0.4, -0.2) is 17.6 Å². The van der Waals surface area contributed by atoms with Crippen LogP contribution in [-0.2, 0) is 4.74 Å². The van der Waals surface area contributed by atoms with Crippen molar-refractivity contribution in [1.82, 2.24) is 4.98 Å². The molecule has 0 saturated carbocycles. The molecule has 1 aromatic heterocycles. The Hall–Kier alpha value is -2.68. The van der Waals surface area contributed by atoms with E-state index in [0.717, 1.165) is 6.07 Å². The molecule has 28 heavy (non-hydrogen) atoms. The van der Waals surface area contributed by atoms with E-state index in [9.17, 15) is 24.2 Å². The second-order valence-electron chi connectivity index (χ2n) is 6.18. The number of aryl methyl sites for hydroxylation is 1. The van der Waals surface area contributed by atoms with Gasteiger partial charge in [-0.3, -0.25) is 4.98 Å². The Labute approximate surface area is 157 Å². The quantitative estimate of drug-likeness (QED) is 0.337. The van der Waals surface area contributed by atoms with Crippen molar-refractivity contribution < 1.29 is 29.0 Å². The van der Waals surface area contributed by atoms with Crippen LogP contribution >= 0.6 is 10.2 Å². The summed E-state index contributed by atoms with van der Waals surface area (Å²) in [6.45, 7) is 3.13. The van der Waals surface area contributed by atoms with Gasteiger partial charge in [0.25, 0.3) is 0 Å². The Morgan fingerprint density at radius 3 is 2.25 bits per heavy atom. The molecule has 0 unspecified atom stereocenters. The highest BCUT2D eigenvalue weighted by Crippen LogP contribution is 3.02. The van der Waals surface area contributed by atoms with Crippen LogP contribution < -0.4 is 0 Å². The molecule has 0 fully saturated rings. The van der Waals surface area contributed by atoms with Crippen LogP contribution in [0.4, 0.5) is 19.4 Å². The molecule has 0 bridgehead atoms. The summed E-state index contributed by atoms with van der Waals surface area (Å²) in [6, 6.07) is 9.64. The number of carbonyl (C=O) groups is 1. The summed E-state index contributed by atoms with van der Waals surface area (Å²) in [5.41, 5.74) is 0.699. The molecule has 2 aromatic carbocycles. The summed E-state index contributed by atoms with van der Waals surface area (Å²) in [6.07, 6.45) is 0. The molecule has 0 aliphatic rings. The minimum absolute atomic E-state index is 0.0377. The minimum Gasteiger partial charge on any atom is -0.462 e. The number of hydrogen-bond acceptors (Lipinski definition) is 3. The van der Waals surface area contributed by atoms with Crippen LogP contribution in [0.25, 0.3) is 22.0 Å². The summed E-state index contributed by atoms with van der Waals surface area (Å²) in [7, 11) is -9.91. The highest BCUT2D eigenvalue weighted by Gasteiger charge is 2.65. The third-order valence-electron chi connectivity index (χ3n) is 4.12. The average Bonchev–Trinajstić information content (AvgIpc) is 2.59. The number of halogens is 5. The zero-order chi connectivity index (χ0) is 20.8. The molecule has 3 aromatic rings. The summed E-state index contributed by atoms with van der Waals surface area (Å²) < 4.78 is 71.8. The Kier molecular flexibility index (Phi) is 4.23. The van der Waals surface area contributed by atoms with Crippen LogP contribution in [0.2, 0.25) is 0 Å². The van der Waals surface area contributed by atoms with Gasteiger partial charge in [-0.05, 0) is 37.6 Å². The lowest BCUT2D eigenvalue weighted by Crippen LogP contribution is -2.11. The molecule has 3 nitrogen and oxygen atoms in total. The van der Waals surface area contributed by atoms with Crippen molar-refractivity contribution in [2.24, 2.45) is 0 Å². The molecule has 0 spiro atoms. The first-order chi connectivity index (χ1) is 12.8. The fraction of sp³-hybridized carbons (Fsp3) is 0.158. The van der Waals surface area contributed by atoms with Crippen molar-refractivity contribution in [1.29, 1.82) is 0 Å². The van der Waals surface area contributed by atoms with E-state index >= 15 is 0 Å². The molecule has 0 atom stereocenters. The molecule has 1 heterocycles. The second kappa shape index (κ2) is 5.91. The van der Waals surface area contributed by atoms with E-state index in [0.29, 0.717) is 17.7 Å². The van der Waals surface area contributed by atoms with Gasteiger partial charge in [0.05, 0.1) is 23.4 Å². The first kappa shape index (κ1) is 20.1. The van der Waals surface area contributed by atoms with Crippen molar-refractivity contribution in [3.8, 4) is 11.1 Å². The maximum atomic E-state index is 13.4. The Morgan fingerprint density at radius 2 is 1.68 bits per heavy atom. The second-order valence-corrected chi connectivity index (χ2v) is 8.59. The highest BCUT2D eigenvalue weighted by atomic mass is 32.5. The standard InChI is InChI=1S/C19H16F5NO2S/c1-3-27-19(26)17-12(2)25-16-10-9-14(28(20,21,22,23)24)11-15(16)18(17)13-7-5-4-6-8-13/h4-11H,3H2,1-2H3. The lowest BCUT2D eigenvalue weighted by Gasteiger charge is -2.40. The molecule has 0 N–H and O–H groups in total. The molecule has 9 heteroatoms. The lowest BCUT2D eigenvalue weighted by molar-refractivity contribution is 0.0526. The number of carbonyl (C=O) groups excluding carboxylic acids is 1. The summed E-state index contributed by atoms with van der Waals surface area (Å²) in [5, 5.41) is -0.203. The molecule has 3 rings (SSSR count). The third-order valence-corrected chi connectivity index (χ3v) is 5.27. The topological polar surface area (TPSA) is 39.2 Å². The van der Waals surface area contributed by atoms with Crippen LogP contribution in [0.15, 0.2) is 53.4 Å². The van der Waals surface area contributed by atoms with Gasteiger partial charge in [0.2, 0.25) is 0 Å². The van der Waals surface area contributed by atoms with Crippen molar-refractivity contribution >= 4 is 27.1 Å². The van der Waals surface area contributed by atoms with Crippen molar-refractivity contribution in [2.75, 3.05) is 6.61 Å². The smallest absolute Gasteiger partial charge is 0.340 e. The van der Waals surface area contributed by atoms with Gasteiger partial charge in [-0.2, -0.15) is 0 Å². The van der Waals surface area contributed by atoms with E-state index in [-0.39, 0.29) is 34.3 Å². The molecule has 0 saturated heterocycles. The van der Waals surface area contributed by atoms with E-state index in [1.165, 1.54) is 6.92 Å². The number of rotatable bonds is 4. The molecule has 0 aliphatic heterocycles. The van der Waals surface area contributed by atoms with E-state index in [4.69, 9.17) is 4.74 Å². The van der Waals surface area contributed by atoms with Gasteiger partial charge in [0.1, 0.15) is 4.90 Å². The normalized spacial score (nSPS) is 14.4. The van der Waals surface area contributed by atoms with Crippen molar-refractivity contribution in [3.63, 3.8) is 0 Å². The van der Waals surface area contributed by atoms with Gasteiger partial charge in [-0.25, -0.2) is 4.79 Å². The zero-order valence-corrected chi connectivity index (χ0v) is 15.7. The van der Waals surface area contributed by atoms with Gasteiger partial charge in [0, 0.05) is 10.9 Å². The van der Waals surface area contributed by atoms with E-state index in [2.05, 4.69) is 4.98 Å². The number of aromatic nitrogens is 1. The van der Waals surface area contributed by atoms with E-state index < -0.39 is 21.1 Å². The number of nitrogens with zero attached hydrogens (tertiary/aromatic N) is 1. The Morgan fingerprint density at radius 1 is 1.04 bits per heavy atom. The van der Waals surface area contributed by atoms with E-state index in [1.54, 1.807) is 37.3 Å². The number of ether oxygens (including phenoxy) is 1. The van der Waals surface area contributed by atoms with Gasteiger partial charge in [-0.15, -0.1) is 0 Å². The molecule has 0 radical (unpaired) electrons. The fourth-order valence-electron chi connectivity index (χ4n) is 2.96. The molecule has 0 aliphatic carbocycles. The largest absolute Gasteiger partial charge is 0.462 e. The summed E-state index contributed by atoms with van der Waals surface area (Å²) in [4.78, 5) is 14.6. The number of hydrogen-bond donors (Lipinski definition) is 0. The highest BCUT2D eigenvalue weighted by molar-refractivity contribution is 8.45. The maximum absolute atomic E-state index is 13.4. The molecule has 150 valence electrons. The van der Waals surface area contributed by atoms with Gasteiger partial charge in [-0.1, -0.05) is 49.8 Å². The SMILES string of the molecule is CCOC(=O)c1c(C)nc2ccc(S(F)(F)(F)(F)F)cc2c1-c1ccccc1. The lowest BCUT2D eigenvalue weighted by atomic mass is 9.94. The van der Waals surface area contributed by atoms with Crippen molar-refractivity contribution in [3.05, 3.63) is 59.8 Å². The Balaban J connectivity index is 2.47. The van der Waals surface area contributed by atoms with Crippen molar-refractivity contribution in [2.45, 2.75) is 18.7 Å². The predicted molar refractivity (Wildman–Crippen MR) is 99.3 cm³/mol. The summed E-state index contributed by atoms with van der Waals surface area (Å²) >= 11 is 0. The minimum atomic E-state index is -9.91. The number of pyridine rings is 1. The third kappa shape index (κ3) is 3.80. The van der Waals surface area contributed by atoms with E-state index in [1.807, 2.05) is 0 Å². The number of benzene rings is 2. The first-order valence-corrected chi connectivity index (χ1v) is 10.2. The average molecular weight is 417 g/mol. The predicted octanol–water partition coefficient (Wildman–Crippen LogP) is 7.04. The fourth-order valence-corrected chi connectivity index (χ4v) is 3.63. The number of esters is 1. The number of fused-ring (bicyclic) bond motifs is 1. The maximum Gasteiger partial charge on any atom is 0.340 e. The first-order valence-electron chi connectivity index (χ1n) is 8.23. The molecule has 0 amide bonds. The molecular formula is C19H16F5NO2S. The van der Waals surface area contributed by atoms with Gasteiger partial charge in [0.15, 0.2) is 0 Å². The van der Waals surface area contributed by atoms with Crippen LogP contribution in [0.5, 0.6) is 0 Å². The van der Waals surface area contributed by atoms with Gasteiger partial charge < -0.3 is 4.74 Å². The van der Waals surface area contributed by atoms with Crippen LogP contribution in [0, 0.1) is 6.92 Å².